The third-order valence-corrected chi connectivity index (χ3v) is 2.93. The number of rotatable bonds is 4. The Balaban J connectivity index is 2.82. The summed E-state index contributed by atoms with van der Waals surface area (Å²) in [7, 11) is 0. The first-order valence-corrected chi connectivity index (χ1v) is 6.40. The lowest BCUT2D eigenvalue weighted by Crippen LogP contribution is -2.17. The average molecular weight is 284 g/mol. The highest BCUT2D eigenvalue weighted by Crippen LogP contribution is 2.27. The molecule has 0 atom stereocenters. The second-order valence-corrected chi connectivity index (χ2v) is 5.98. The number of carboxylic acids is 1. The molecule has 2 N–H and O–H groups in total. The largest absolute Gasteiger partial charge is 0.478 e. The first-order chi connectivity index (χ1) is 8.70. The highest BCUT2D eigenvalue weighted by Gasteiger charge is 2.17. The lowest BCUT2D eigenvalue weighted by atomic mass is 9.90. The SMILES string of the molecule is CC(C)(C)CCC(=O)Nc1c(Cl)cccc1C(=O)O. The Morgan fingerprint density at radius 3 is 2.47 bits per heavy atom. The van der Waals surface area contributed by atoms with Crippen LogP contribution in [0, 0.1) is 5.41 Å². The van der Waals surface area contributed by atoms with Crippen LogP contribution in [0.3, 0.4) is 0 Å². The fraction of sp³-hybridized carbons (Fsp3) is 0.429. The number of nitrogens with one attached hydrogen (secondary N) is 1. The second kappa shape index (κ2) is 6.06. The zero-order valence-electron chi connectivity index (χ0n) is 11.3. The molecule has 0 fully saturated rings. The van der Waals surface area contributed by atoms with Crippen LogP contribution in [0.2, 0.25) is 5.02 Å². The molecule has 104 valence electrons. The summed E-state index contributed by atoms with van der Waals surface area (Å²) in [6.07, 6.45) is 1.04. The van der Waals surface area contributed by atoms with E-state index < -0.39 is 5.97 Å². The molecule has 0 saturated carbocycles. The van der Waals surface area contributed by atoms with Crippen molar-refractivity contribution in [2.75, 3.05) is 5.32 Å². The van der Waals surface area contributed by atoms with Crippen LogP contribution in [0.5, 0.6) is 0 Å². The predicted octanol–water partition coefficient (Wildman–Crippen LogP) is 3.80. The summed E-state index contributed by atoms with van der Waals surface area (Å²) in [5.41, 5.74) is 0.208. The van der Waals surface area contributed by atoms with Gasteiger partial charge in [0.05, 0.1) is 16.3 Å². The number of para-hydroxylation sites is 1. The minimum Gasteiger partial charge on any atom is -0.478 e. The van der Waals surface area contributed by atoms with Gasteiger partial charge in [0.1, 0.15) is 0 Å². The van der Waals surface area contributed by atoms with Crippen LogP contribution in [0.15, 0.2) is 18.2 Å². The smallest absolute Gasteiger partial charge is 0.337 e. The Morgan fingerprint density at radius 1 is 1.32 bits per heavy atom. The molecule has 0 saturated heterocycles. The van der Waals surface area contributed by atoms with Gasteiger partial charge in [-0.2, -0.15) is 0 Å². The highest BCUT2D eigenvalue weighted by atomic mass is 35.5. The van der Waals surface area contributed by atoms with Crippen molar-refractivity contribution in [3.8, 4) is 0 Å². The van der Waals surface area contributed by atoms with E-state index in [4.69, 9.17) is 16.7 Å². The summed E-state index contributed by atoms with van der Waals surface area (Å²) in [6.45, 7) is 6.12. The van der Waals surface area contributed by atoms with E-state index >= 15 is 0 Å². The minimum atomic E-state index is -1.12. The number of aromatic carboxylic acids is 1. The molecule has 0 aromatic heterocycles. The van der Waals surface area contributed by atoms with Crippen molar-refractivity contribution in [2.24, 2.45) is 5.41 Å². The number of amides is 1. The van der Waals surface area contributed by atoms with Crippen LogP contribution in [0.4, 0.5) is 5.69 Å². The number of hydrogen-bond donors (Lipinski definition) is 2. The standard InChI is InChI=1S/C14H18ClNO3/c1-14(2,3)8-7-11(17)16-12-9(13(18)19)5-4-6-10(12)15/h4-6H,7-8H2,1-3H3,(H,16,17)(H,18,19). The van der Waals surface area contributed by atoms with Gasteiger partial charge in [-0.1, -0.05) is 38.4 Å². The van der Waals surface area contributed by atoms with Gasteiger partial charge in [0.25, 0.3) is 0 Å². The maximum absolute atomic E-state index is 11.8. The van der Waals surface area contributed by atoms with E-state index in [2.05, 4.69) is 5.32 Å². The van der Waals surface area contributed by atoms with Gasteiger partial charge in [-0.3, -0.25) is 4.79 Å². The number of benzene rings is 1. The van der Waals surface area contributed by atoms with Gasteiger partial charge < -0.3 is 10.4 Å². The fourth-order valence-corrected chi connectivity index (χ4v) is 1.74. The van der Waals surface area contributed by atoms with Crippen molar-refractivity contribution in [3.05, 3.63) is 28.8 Å². The highest BCUT2D eigenvalue weighted by molar-refractivity contribution is 6.34. The number of halogens is 1. The van der Waals surface area contributed by atoms with E-state index in [-0.39, 0.29) is 27.6 Å². The van der Waals surface area contributed by atoms with Crippen molar-refractivity contribution in [1.82, 2.24) is 0 Å². The van der Waals surface area contributed by atoms with Gasteiger partial charge >= 0.3 is 5.97 Å². The summed E-state index contributed by atoms with van der Waals surface area (Å²) in [5, 5.41) is 11.9. The maximum Gasteiger partial charge on any atom is 0.337 e. The molecular weight excluding hydrogens is 266 g/mol. The quantitative estimate of drug-likeness (QED) is 0.883. The molecule has 0 spiro atoms. The van der Waals surface area contributed by atoms with Crippen LogP contribution >= 0.6 is 11.6 Å². The molecule has 5 heteroatoms. The number of carbonyl (C=O) groups is 2. The van der Waals surface area contributed by atoms with Gasteiger partial charge in [-0.05, 0) is 24.0 Å². The van der Waals surface area contributed by atoms with Gasteiger partial charge in [-0.25, -0.2) is 4.79 Å². The molecule has 0 heterocycles. The Morgan fingerprint density at radius 2 is 1.95 bits per heavy atom. The Bertz CT molecular complexity index is 492. The van der Waals surface area contributed by atoms with Crippen LogP contribution < -0.4 is 5.32 Å². The minimum absolute atomic E-state index is 0.00314. The first-order valence-electron chi connectivity index (χ1n) is 6.02. The van der Waals surface area contributed by atoms with Crippen LogP contribution in [-0.4, -0.2) is 17.0 Å². The summed E-state index contributed by atoms with van der Waals surface area (Å²) >= 11 is 5.93. The molecule has 0 bridgehead atoms. The van der Waals surface area contributed by atoms with E-state index in [1.54, 1.807) is 6.07 Å². The van der Waals surface area contributed by atoms with Crippen LogP contribution in [0.25, 0.3) is 0 Å². The van der Waals surface area contributed by atoms with E-state index in [9.17, 15) is 9.59 Å². The van der Waals surface area contributed by atoms with Crippen molar-refractivity contribution in [1.29, 1.82) is 0 Å². The monoisotopic (exact) mass is 283 g/mol. The molecule has 4 nitrogen and oxygen atoms in total. The topological polar surface area (TPSA) is 66.4 Å². The van der Waals surface area contributed by atoms with E-state index in [0.29, 0.717) is 12.8 Å². The van der Waals surface area contributed by atoms with E-state index in [1.807, 2.05) is 20.8 Å². The molecule has 19 heavy (non-hydrogen) atoms. The number of carboxylic acid groups (broad SMARTS) is 1. The molecule has 1 aromatic rings. The predicted molar refractivity (Wildman–Crippen MR) is 75.7 cm³/mol. The summed E-state index contributed by atoms with van der Waals surface area (Å²) < 4.78 is 0. The normalized spacial score (nSPS) is 11.2. The van der Waals surface area contributed by atoms with E-state index in [0.717, 1.165) is 0 Å². The maximum atomic E-state index is 11.8. The Labute approximate surface area is 117 Å². The molecule has 1 rings (SSSR count). The van der Waals surface area contributed by atoms with Crippen molar-refractivity contribution in [3.63, 3.8) is 0 Å². The summed E-state index contributed by atoms with van der Waals surface area (Å²) in [6, 6.07) is 4.50. The number of hydrogen-bond acceptors (Lipinski definition) is 2. The van der Waals surface area contributed by atoms with Crippen LogP contribution in [-0.2, 0) is 4.79 Å². The molecule has 0 unspecified atom stereocenters. The number of carbonyl (C=O) groups excluding carboxylic acids is 1. The van der Waals surface area contributed by atoms with Gasteiger partial charge in [0.15, 0.2) is 0 Å². The molecular formula is C14H18ClNO3. The zero-order valence-corrected chi connectivity index (χ0v) is 12.0. The van der Waals surface area contributed by atoms with Crippen molar-refractivity contribution >= 4 is 29.2 Å². The Kier molecular flexibility index (Phi) is 4.95. The fourth-order valence-electron chi connectivity index (χ4n) is 1.52. The summed E-state index contributed by atoms with van der Waals surface area (Å²) in [4.78, 5) is 22.9. The van der Waals surface area contributed by atoms with Crippen molar-refractivity contribution in [2.45, 2.75) is 33.6 Å². The van der Waals surface area contributed by atoms with E-state index in [1.165, 1.54) is 12.1 Å². The molecule has 1 amide bonds. The lowest BCUT2D eigenvalue weighted by molar-refractivity contribution is -0.116. The molecule has 0 aliphatic rings. The molecule has 1 aromatic carbocycles. The lowest BCUT2D eigenvalue weighted by Gasteiger charge is -2.17. The van der Waals surface area contributed by atoms with Gasteiger partial charge in [0.2, 0.25) is 5.91 Å². The molecule has 0 aliphatic heterocycles. The zero-order chi connectivity index (χ0) is 14.6. The third-order valence-electron chi connectivity index (χ3n) is 2.61. The Hall–Kier alpha value is -1.55. The molecule has 0 radical (unpaired) electrons. The van der Waals surface area contributed by atoms with Crippen molar-refractivity contribution < 1.29 is 14.7 Å². The van der Waals surface area contributed by atoms with Gasteiger partial charge in [-0.15, -0.1) is 0 Å². The van der Waals surface area contributed by atoms with Crippen LogP contribution in [0.1, 0.15) is 44.0 Å². The average Bonchev–Trinajstić information content (AvgIpc) is 2.28. The van der Waals surface area contributed by atoms with Gasteiger partial charge in [0, 0.05) is 6.42 Å². The summed E-state index contributed by atoms with van der Waals surface area (Å²) in [5.74, 6) is -1.35. The number of anilines is 1. The second-order valence-electron chi connectivity index (χ2n) is 5.58. The third kappa shape index (κ3) is 4.91. The first kappa shape index (κ1) is 15.5. The molecule has 0 aliphatic carbocycles.